The van der Waals surface area contributed by atoms with E-state index in [9.17, 15) is 4.79 Å². The van der Waals surface area contributed by atoms with Gasteiger partial charge in [0.25, 0.3) is 0 Å². The van der Waals surface area contributed by atoms with Crippen LogP contribution in [0.3, 0.4) is 0 Å². The van der Waals surface area contributed by atoms with Crippen molar-refractivity contribution >= 4 is 16.7 Å². The molecule has 0 radical (unpaired) electrons. The van der Waals surface area contributed by atoms with Crippen molar-refractivity contribution in [1.29, 1.82) is 0 Å². The summed E-state index contributed by atoms with van der Waals surface area (Å²) in [5.74, 6) is 0.969. The molecule has 0 saturated heterocycles. The lowest BCUT2D eigenvalue weighted by Gasteiger charge is -2.18. The highest BCUT2D eigenvalue weighted by Gasteiger charge is 2.23. The van der Waals surface area contributed by atoms with E-state index in [-0.39, 0.29) is 5.78 Å². The number of carbonyl (C=O) groups is 1. The highest BCUT2D eigenvalue weighted by Crippen LogP contribution is 2.24. The lowest BCUT2D eigenvalue weighted by atomic mass is 9.97. The Hall–Kier alpha value is -3.18. The number of imidazole rings is 1. The lowest BCUT2D eigenvalue weighted by molar-refractivity contribution is 0.0945. The molecule has 0 bridgehead atoms. The molecular weight excluding hydrogens is 324 g/mol. The van der Waals surface area contributed by atoms with E-state index in [1.807, 2.05) is 54.6 Å². The Labute approximate surface area is 151 Å². The molecular formula is C21H20N4O. The first-order valence-electron chi connectivity index (χ1n) is 8.70. The molecule has 0 fully saturated rings. The summed E-state index contributed by atoms with van der Waals surface area (Å²) in [5, 5.41) is 4.35. The van der Waals surface area contributed by atoms with E-state index >= 15 is 0 Å². The van der Waals surface area contributed by atoms with Gasteiger partial charge in [0.15, 0.2) is 5.78 Å². The molecule has 3 N–H and O–H groups in total. The van der Waals surface area contributed by atoms with Crippen LogP contribution in [-0.2, 0) is 6.42 Å². The van der Waals surface area contributed by atoms with Crippen LogP contribution < -0.4 is 5.32 Å². The molecule has 0 aliphatic heterocycles. The number of Topliss-reactive ketones (excluding diaryl/α,β-unsaturated/α-hetero) is 1. The standard InChI is InChI=1S/C21H20N4O/c26-21(17-14-25-18-9-5-4-8-16(17)18)20(15-6-2-1-3-7-15)24-11-10-19-22-12-13-23-19/h1-9,12-14,20,24-25H,10-11H2,(H,22,23)/t20-/m1/s1. The summed E-state index contributed by atoms with van der Waals surface area (Å²) in [4.78, 5) is 23.8. The number of carbonyl (C=O) groups excluding carboxylic acids is 1. The summed E-state index contributed by atoms with van der Waals surface area (Å²) in [6, 6.07) is 17.3. The molecule has 4 aromatic rings. The Morgan fingerprint density at radius 3 is 2.65 bits per heavy atom. The van der Waals surface area contributed by atoms with Crippen LogP contribution in [0.1, 0.15) is 27.8 Å². The molecule has 2 aromatic carbocycles. The van der Waals surface area contributed by atoms with E-state index in [0.717, 1.165) is 28.7 Å². The third kappa shape index (κ3) is 3.30. The van der Waals surface area contributed by atoms with Gasteiger partial charge in [0.2, 0.25) is 0 Å². The zero-order valence-corrected chi connectivity index (χ0v) is 14.3. The molecule has 130 valence electrons. The smallest absolute Gasteiger partial charge is 0.186 e. The fourth-order valence-corrected chi connectivity index (χ4v) is 3.21. The highest BCUT2D eigenvalue weighted by molar-refractivity contribution is 6.10. The Morgan fingerprint density at radius 2 is 1.85 bits per heavy atom. The zero-order valence-electron chi connectivity index (χ0n) is 14.3. The van der Waals surface area contributed by atoms with Crippen molar-refractivity contribution in [2.24, 2.45) is 0 Å². The van der Waals surface area contributed by atoms with Crippen molar-refractivity contribution < 1.29 is 4.79 Å². The van der Waals surface area contributed by atoms with E-state index in [0.29, 0.717) is 12.1 Å². The average molecular weight is 344 g/mol. The summed E-state index contributed by atoms with van der Waals surface area (Å²) in [6.45, 7) is 0.654. The van der Waals surface area contributed by atoms with Gasteiger partial charge in [-0.05, 0) is 11.6 Å². The number of hydrogen-bond donors (Lipinski definition) is 3. The van der Waals surface area contributed by atoms with Crippen molar-refractivity contribution in [3.05, 3.63) is 90.1 Å². The van der Waals surface area contributed by atoms with Gasteiger partial charge in [-0.1, -0.05) is 48.5 Å². The number of rotatable bonds is 7. The first kappa shape index (κ1) is 16.3. The van der Waals surface area contributed by atoms with Crippen molar-refractivity contribution in [2.45, 2.75) is 12.5 Å². The fraction of sp³-hybridized carbons (Fsp3) is 0.143. The van der Waals surface area contributed by atoms with E-state index in [1.54, 1.807) is 18.6 Å². The predicted octanol–water partition coefficient (Wildman–Crippen LogP) is 3.65. The van der Waals surface area contributed by atoms with E-state index < -0.39 is 6.04 Å². The summed E-state index contributed by atoms with van der Waals surface area (Å²) >= 11 is 0. The monoisotopic (exact) mass is 344 g/mol. The molecule has 5 nitrogen and oxygen atoms in total. The quantitative estimate of drug-likeness (QED) is 0.448. The summed E-state index contributed by atoms with van der Waals surface area (Å²) in [6.07, 6.45) is 6.08. The Kier molecular flexibility index (Phi) is 4.62. The van der Waals surface area contributed by atoms with Crippen LogP contribution in [-0.4, -0.2) is 27.3 Å². The molecule has 0 saturated carbocycles. The second kappa shape index (κ2) is 7.37. The molecule has 0 aliphatic rings. The van der Waals surface area contributed by atoms with E-state index in [4.69, 9.17) is 0 Å². The summed E-state index contributed by atoms with van der Waals surface area (Å²) in [5.41, 5.74) is 2.64. The minimum Gasteiger partial charge on any atom is -0.360 e. The van der Waals surface area contributed by atoms with E-state index in [1.165, 1.54) is 0 Å². The highest BCUT2D eigenvalue weighted by atomic mass is 16.1. The second-order valence-electron chi connectivity index (χ2n) is 6.20. The van der Waals surface area contributed by atoms with Gasteiger partial charge in [-0.25, -0.2) is 4.98 Å². The van der Waals surface area contributed by atoms with Crippen LogP contribution in [0.25, 0.3) is 10.9 Å². The van der Waals surface area contributed by atoms with Crippen molar-refractivity contribution in [2.75, 3.05) is 6.54 Å². The van der Waals surface area contributed by atoms with Crippen molar-refractivity contribution in [3.8, 4) is 0 Å². The van der Waals surface area contributed by atoms with E-state index in [2.05, 4.69) is 20.3 Å². The van der Waals surface area contributed by atoms with Gasteiger partial charge in [-0.2, -0.15) is 0 Å². The number of para-hydroxylation sites is 1. The Balaban J connectivity index is 1.60. The summed E-state index contributed by atoms with van der Waals surface area (Å²) < 4.78 is 0. The number of aromatic nitrogens is 3. The van der Waals surface area contributed by atoms with Crippen LogP contribution in [0.4, 0.5) is 0 Å². The molecule has 0 amide bonds. The minimum absolute atomic E-state index is 0.0631. The van der Waals surface area contributed by atoms with Crippen LogP contribution in [0.5, 0.6) is 0 Å². The predicted molar refractivity (Wildman–Crippen MR) is 102 cm³/mol. The minimum atomic E-state index is -0.398. The molecule has 26 heavy (non-hydrogen) atoms. The zero-order chi connectivity index (χ0) is 17.8. The average Bonchev–Trinajstić information content (AvgIpc) is 3.35. The van der Waals surface area contributed by atoms with Crippen LogP contribution in [0, 0.1) is 0 Å². The Bertz CT molecular complexity index is 989. The molecule has 2 heterocycles. The van der Waals surface area contributed by atoms with Gasteiger partial charge < -0.3 is 15.3 Å². The molecule has 4 rings (SSSR count). The Morgan fingerprint density at radius 1 is 1.04 bits per heavy atom. The fourth-order valence-electron chi connectivity index (χ4n) is 3.21. The number of H-pyrrole nitrogens is 2. The first-order chi connectivity index (χ1) is 12.8. The van der Waals surface area contributed by atoms with Gasteiger partial charge in [0, 0.05) is 48.0 Å². The largest absolute Gasteiger partial charge is 0.360 e. The third-order valence-electron chi connectivity index (χ3n) is 4.51. The second-order valence-corrected chi connectivity index (χ2v) is 6.20. The molecule has 5 heteroatoms. The SMILES string of the molecule is O=C(c1c[nH]c2ccccc12)[C@H](NCCc1ncc[nH]1)c1ccccc1. The molecule has 0 aliphatic carbocycles. The maximum atomic E-state index is 13.3. The number of nitrogens with zero attached hydrogens (tertiary/aromatic N) is 1. The topological polar surface area (TPSA) is 73.6 Å². The molecule has 1 atom stereocenters. The van der Waals surface area contributed by atoms with Gasteiger partial charge >= 0.3 is 0 Å². The normalized spacial score (nSPS) is 12.3. The molecule has 2 aromatic heterocycles. The van der Waals surface area contributed by atoms with Crippen molar-refractivity contribution in [1.82, 2.24) is 20.3 Å². The van der Waals surface area contributed by atoms with Gasteiger partial charge in [0.1, 0.15) is 5.82 Å². The third-order valence-corrected chi connectivity index (χ3v) is 4.51. The van der Waals surface area contributed by atoms with Gasteiger partial charge in [-0.15, -0.1) is 0 Å². The number of hydrogen-bond acceptors (Lipinski definition) is 3. The van der Waals surface area contributed by atoms with Crippen molar-refractivity contribution in [3.63, 3.8) is 0 Å². The van der Waals surface area contributed by atoms with Crippen LogP contribution in [0.2, 0.25) is 0 Å². The van der Waals surface area contributed by atoms with Gasteiger partial charge in [0.05, 0.1) is 6.04 Å². The first-order valence-corrected chi connectivity index (χ1v) is 8.70. The van der Waals surface area contributed by atoms with Gasteiger partial charge in [-0.3, -0.25) is 4.79 Å². The maximum Gasteiger partial charge on any atom is 0.186 e. The van der Waals surface area contributed by atoms with Crippen LogP contribution in [0.15, 0.2) is 73.2 Å². The number of benzene rings is 2. The molecule has 0 unspecified atom stereocenters. The number of aromatic amines is 2. The maximum absolute atomic E-state index is 13.3. The van der Waals surface area contributed by atoms with Crippen LogP contribution >= 0.6 is 0 Å². The number of nitrogens with one attached hydrogen (secondary N) is 3. The summed E-state index contributed by atoms with van der Waals surface area (Å²) in [7, 11) is 0. The number of fused-ring (bicyclic) bond motifs is 1. The molecule has 0 spiro atoms. The lowest BCUT2D eigenvalue weighted by Crippen LogP contribution is -2.30. The number of ketones is 1.